The average Bonchev–Trinajstić information content (AvgIpc) is 2.43. The van der Waals surface area contributed by atoms with Crippen LogP contribution in [0.5, 0.6) is 0 Å². The maximum Gasteiger partial charge on any atom is 0.262 e. The minimum atomic E-state index is -3.62. The molecule has 0 fully saturated rings. The van der Waals surface area contributed by atoms with E-state index in [4.69, 9.17) is 0 Å². The molecule has 0 saturated heterocycles. The van der Waals surface area contributed by atoms with Crippen molar-refractivity contribution in [3.63, 3.8) is 0 Å². The number of benzene rings is 2. The summed E-state index contributed by atoms with van der Waals surface area (Å²) in [5.41, 5.74) is 2.25. The van der Waals surface area contributed by atoms with Gasteiger partial charge in [-0.25, -0.2) is 8.42 Å². The third kappa shape index (κ3) is 3.64. The van der Waals surface area contributed by atoms with Crippen molar-refractivity contribution >= 4 is 31.6 Å². The second-order valence-corrected chi connectivity index (χ2v) is 7.16. The fourth-order valence-corrected chi connectivity index (χ4v) is 3.96. The van der Waals surface area contributed by atoms with Crippen molar-refractivity contribution in [3.8, 4) is 0 Å². The van der Waals surface area contributed by atoms with Crippen molar-refractivity contribution in [1.29, 1.82) is 0 Å². The molecule has 4 nitrogen and oxygen atoms in total. The van der Waals surface area contributed by atoms with E-state index in [9.17, 15) is 8.42 Å². The summed E-state index contributed by atoms with van der Waals surface area (Å²) in [6.07, 6.45) is 0. The predicted molar refractivity (Wildman–Crippen MR) is 88.9 cm³/mol. The van der Waals surface area contributed by atoms with Crippen molar-refractivity contribution < 1.29 is 8.42 Å². The zero-order valence-corrected chi connectivity index (χ0v) is 14.3. The Labute approximate surface area is 133 Å². The van der Waals surface area contributed by atoms with Gasteiger partial charge in [-0.05, 0) is 59.2 Å². The molecule has 0 saturated carbocycles. The predicted octanol–water partition coefficient (Wildman–Crippen LogP) is 3.28. The van der Waals surface area contributed by atoms with E-state index in [-0.39, 0.29) is 0 Å². The smallest absolute Gasteiger partial charge is 0.262 e. The Morgan fingerprint density at radius 1 is 1.10 bits per heavy atom. The van der Waals surface area contributed by atoms with E-state index in [1.807, 2.05) is 26.1 Å². The van der Waals surface area contributed by atoms with E-state index in [1.54, 1.807) is 30.3 Å². The highest BCUT2D eigenvalue weighted by Gasteiger charge is 2.19. The average molecular weight is 369 g/mol. The number of anilines is 1. The molecule has 0 unspecified atom stereocenters. The Morgan fingerprint density at radius 3 is 2.48 bits per heavy atom. The summed E-state index contributed by atoms with van der Waals surface area (Å²) in [4.78, 5) is 0.297. The van der Waals surface area contributed by atoms with Gasteiger partial charge in [-0.3, -0.25) is 4.72 Å². The van der Waals surface area contributed by atoms with Crippen LogP contribution in [0.25, 0.3) is 0 Å². The Bertz CT molecular complexity index is 745. The lowest BCUT2D eigenvalue weighted by Crippen LogP contribution is -2.16. The van der Waals surface area contributed by atoms with Gasteiger partial charge in [0.2, 0.25) is 0 Å². The molecule has 0 heterocycles. The topological polar surface area (TPSA) is 58.2 Å². The van der Waals surface area contributed by atoms with E-state index in [2.05, 4.69) is 26.0 Å². The fraction of sp³-hybridized carbons (Fsp3) is 0.200. The normalized spacial score (nSPS) is 11.4. The molecule has 0 radical (unpaired) electrons. The van der Waals surface area contributed by atoms with Crippen LogP contribution in [0.4, 0.5) is 5.69 Å². The van der Waals surface area contributed by atoms with Gasteiger partial charge < -0.3 is 5.32 Å². The molecule has 6 heteroatoms. The van der Waals surface area contributed by atoms with Gasteiger partial charge >= 0.3 is 0 Å². The highest BCUT2D eigenvalue weighted by Crippen LogP contribution is 2.26. The molecule has 0 aliphatic heterocycles. The van der Waals surface area contributed by atoms with Crippen LogP contribution in [0.15, 0.2) is 51.8 Å². The molecular formula is C15H17BrN2O2S. The Balaban J connectivity index is 2.41. The van der Waals surface area contributed by atoms with Gasteiger partial charge in [-0.1, -0.05) is 24.3 Å². The lowest BCUT2D eigenvalue weighted by molar-refractivity contribution is 0.600. The summed E-state index contributed by atoms with van der Waals surface area (Å²) in [6, 6.07) is 12.4. The zero-order chi connectivity index (χ0) is 15.5. The number of nitrogens with one attached hydrogen (secondary N) is 2. The molecule has 112 valence electrons. The standard InChI is InChI=1S/C15H17BrN2O2S/c1-11-12(10-17-2)6-5-9-15(11)21(19,20)18-14-8-4-3-7-13(14)16/h3-9,17-18H,10H2,1-2H3. The van der Waals surface area contributed by atoms with Gasteiger partial charge in [0.1, 0.15) is 0 Å². The number of rotatable bonds is 5. The molecule has 0 bridgehead atoms. The maximum absolute atomic E-state index is 12.6. The molecular weight excluding hydrogens is 352 g/mol. The summed E-state index contributed by atoms with van der Waals surface area (Å²) >= 11 is 3.34. The van der Waals surface area contributed by atoms with Crippen LogP contribution in [0, 0.1) is 6.92 Å². The van der Waals surface area contributed by atoms with Crippen LogP contribution < -0.4 is 10.0 Å². The van der Waals surface area contributed by atoms with E-state index in [0.29, 0.717) is 21.6 Å². The SMILES string of the molecule is CNCc1cccc(S(=O)(=O)Nc2ccccc2Br)c1C. The first-order valence-electron chi connectivity index (χ1n) is 6.46. The van der Waals surface area contributed by atoms with Crippen LogP contribution in [0.3, 0.4) is 0 Å². The molecule has 0 amide bonds. The first kappa shape index (κ1) is 16.0. The van der Waals surface area contributed by atoms with Crippen LogP contribution in [-0.2, 0) is 16.6 Å². The van der Waals surface area contributed by atoms with Crippen LogP contribution in [-0.4, -0.2) is 15.5 Å². The van der Waals surface area contributed by atoms with Crippen molar-refractivity contribution in [2.45, 2.75) is 18.4 Å². The van der Waals surface area contributed by atoms with Crippen LogP contribution in [0.1, 0.15) is 11.1 Å². The highest BCUT2D eigenvalue weighted by molar-refractivity contribution is 9.10. The van der Waals surface area contributed by atoms with Crippen molar-refractivity contribution in [2.24, 2.45) is 0 Å². The first-order chi connectivity index (χ1) is 9.95. The second-order valence-electron chi connectivity index (χ2n) is 4.66. The molecule has 0 aromatic heterocycles. The maximum atomic E-state index is 12.6. The van der Waals surface area contributed by atoms with Gasteiger partial charge in [-0.2, -0.15) is 0 Å². The van der Waals surface area contributed by atoms with E-state index < -0.39 is 10.0 Å². The molecule has 2 N–H and O–H groups in total. The second kappa shape index (κ2) is 6.60. The molecule has 0 spiro atoms. The fourth-order valence-electron chi connectivity index (χ4n) is 2.08. The molecule has 21 heavy (non-hydrogen) atoms. The van der Waals surface area contributed by atoms with Crippen LogP contribution >= 0.6 is 15.9 Å². The molecule has 0 aliphatic rings. The number of para-hydroxylation sites is 1. The first-order valence-corrected chi connectivity index (χ1v) is 8.74. The Kier molecular flexibility index (Phi) is 5.03. The van der Waals surface area contributed by atoms with Crippen molar-refractivity contribution in [3.05, 3.63) is 58.1 Å². The van der Waals surface area contributed by atoms with Gasteiger partial charge in [0, 0.05) is 11.0 Å². The minimum absolute atomic E-state index is 0.297. The largest absolute Gasteiger partial charge is 0.316 e. The van der Waals surface area contributed by atoms with E-state index in [1.165, 1.54) is 0 Å². The van der Waals surface area contributed by atoms with Gasteiger partial charge in [0.25, 0.3) is 10.0 Å². The lowest BCUT2D eigenvalue weighted by Gasteiger charge is -2.14. The van der Waals surface area contributed by atoms with Crippen molar-refractivity contribution in [1.82, 2.24) is 5.32 Å². The lowest BCUT2D eigenvalue weighted by atomic mass is 10.1. The Hall–Kier alpha value is -1.37. The number of sulfonamides is 1. The number of hydrogen-bond acceptors (Lipinski definition) is 3. The van der Waals surface area contributed by atoms with Gasteiger partial charge in [-0.15, -0.1) is 0 Å². The third-order valence-corrected chi connectivity index (χ3v) is 5.37. The highest BCUT2D eigenvalue weighted by atomic mass is 79.9. The molecule has 2 aromatic rings. The Morgan fingerprint density at radius 2 is 1.81 bits per heavy atom. The zero-order valence-electron chi connectivity index (χ0n) is 11.9. The van der Waals surface area contributed by atoms with Gasteiger partial charge in [0.15, 0.2) is 0 Å². The quantitative estimate of drug-likeness (QED) is 0.851. The summed E-state index contributed by atoms with van der Waals surface area (Å²) in [5, 5.41) is 3.04. The molecule has 2 aromatic carbocycles. The van der Waals surface area contributed by atoms with Crippen molar-refractivity contribution in [2.75, 3.05) is 11.8 Å². The summed E-state index contributed by atoms with van der Waals surface area (Å²) in [5.74, 6) is 0. The minimum Gasteiger partial charge on any atom is -0.316 e. The molecule has 0 atom stereocenters. The summed E-state index contributed by atoms with van der Waals surface area (Å²) in [7, 11) is -1.78. The summed E-state index contributed by atoms with van der Waals surface area (Å²) < 4.78 is 28.5. The van der Waals surface area contributed by atoms with E-state index in [0.717, 1.165) is 11.1 Å². The molecule has 2 rings (SSSR count). The third-order valence-electron chi connectivity index (χ3n) is 3.17. The van der Waals surface area contributed by atoms with Crippen LogP contribution in [0.2, 0.25) is 0 Å². The van der Waals surface area contributed by atoms with E-state index >= 15 is 0 Å². The number of halogens is 1. The summed E-state index contributed by atoms with van der Waals surface area (Å²) in [6.45, 7) is 2.45. The molecule has 0 aliphatic carbocycles. The monoisotopic (exact) mass is 368 g/mol. The number of hydrogen-bond donors (Lipinski definition) is 2. The van der Waals surface area contributed by atoms with Gasteiger partial charge in [0.05, 0.1) is 10.6 Å².